The van der Waals surface area contributed by atoms with Gasteiger partial charge in [-0.3, -0.25) is 0 Å². The summed E-state index contributed by atoms with van der Waals surface area (Å²) in [7, 11) is 0. The van der Waals surface area contributed by atoms with Crippen molar-refractivity contribution < 1.29 is 19.8 Å². The number of aryl methyl sites for hydroxylation is 1. The van der Waals surface area contributed by atoms with Gasteiger partial charge in [-0.15, -0.1) is 20.2 Å². The molecule has 0 radical (unpaired) electrons. The van der Waals surface area contributed by atoms with Crippen molar-refractivity contribution in [2.75, 3.05) is 19.7 Å². The van der Waals surface area contributed by atoms with Crippen molar-refractivity contribution in [2.45, 2.75) is 107 Å². The van der Waals surface area contributed by atoms with Crippen LogP contribution in [0.4, 0.5) is 0 Å². The van der Waals surface area contributed by atoms with E-state index in [1.54, 1.807) is 0 Å². The van der Waals surface area contributed by atoms with Gasteiger partial charge in [-0.2, -0.15) is 0 Å². The average molecular weight is 687 g/mol. The number of benzene rings is 2. The average Bonchev–Trinajstić information content (AvgIpc) is 3.09. The Kier molecular flexibility index (Phi) is 9.07. The minimum Gasteiger partial charge on any atom is -0.330 e. The molecule has 50 heavy (non-hydrogen) atoms. The molecule has 2 aromatic carbocycles. The number of rotatable bonds is 15. The molecule has 270 valence electrons. The fraction of sp³-hybridized carbons (Fsp3) is 0.700. The van der Waals surface area contributed by atoms with E-state index >= 15 is 0 Å². The van der Waals surface area contributed by atoms with Crippen LogP contribution in [-0.2, 0) is 33.5 Å². The maximum atomic E-state index is 11.6. The molecule has 0 aromatic heterocycles. The minimum absolute atomic E-state index is 0.00987. The van der Waals surface area contributed by atoms with E-state index in [4.69, 9.17) is 16.3 Å². The zero-order chi connectivity index (χ0) is 34.6. The van der Waals surface area contributed by atoms with Crippen LogP contribution in [0.25, 0.3) is 0 Å². The second kappa shape index (κ2) is 13.4. The van der Waals surface area contributed by atoms with Gasteiger partial charge in [-0.05, 0) is 171 Å². The molecule has 0 saturated heterocycles. The molecule has 0 spiro atoms. The zero-order valence-corrected chi connectivity index (χ0v) is 29.3. The number of nitrogens with zero attached hydrogens (tertiary/aromatic N) is 2. The lowest BCUT2D eigenvalue weighted by Gasteiger charge is -2.64. The van der Waals surface area contributed by atoms with Crippen molar-refractivity contribution in [3.05, 3.63) is 90.5 Å². The van der Waals surface area contributed by atoms with Crippen LogP contribution >= 0.6 is 0 Å². The highest BCUT2D eigenvalue weighted by Gasteiger charge is 2.61. The summed E-state index contributed by atoms with van der Waals surface area (Å²) in [5.74, 6) is 5.49. The molecule has 8 bridgehead atoms. The Balaban J connectivity index is 1.05. The quantitative estimate of drug-likeness (QED) is 0.115. The van der Waals surface area contributed by atoms with E-state index in [1.165, 1.54) is 54.4 Å². The second-order valence-electron chi connectivity index (χ2n) is 17.1. The van der Waals surface area contributed by atoms with Crippen LogP contribution in [-0.4, -0.2) is 29.9 Å². The van der Waals surface area contributed by atoms with Crippen molar-refractivity contribution in [1.82, 2.24) is 0 Å². The van der Waals surface area contributed by atoms with Crippen molar-refractivity contribution in [3.8, 4) is 0 Å². The standard InChI is InChI=1S/C40H54N4O6/c41-10-9-39(33-14-26-12-27(16-33)17-34(39)15-26)32-7-8-37(30(22-32)23-50-44(47)48)38-28-18-35-20-29(38)21-36(19-28)40(35,24-42)31-6-3-5-25(13-31)4-1-2-11-49-43(45)46/h3,5-8,13,22,26-29,33-36,38H,1-2,4,9-12,14-21,23-24,41-42H2. The third-order valence-electron chi connectivity index (χ3n) is 15.2. The summed E-state index contributed by atoms with van der Waals surface area (Å²) in [5.41, 5.74) is 19.4. The number of unbranched alkanes of at least 4 members (excludes halogenated alkanes) is 1. The van der Waals surface area contributed by atoms with Crippen molar-refractivity contribution in [2.24, 2.45) is 58.8 Å². The highest BCUT2D eigenvalue weighted by molar-refractivity contribution is 5.43. The number of hydrogen-bond acceptors (Lipinski definition) is 8. The summed E-state index contributed by atoms with van der Waals surface area (Å²) >= 11 is 0. The Morgan fingerprint density at radius 1 is 0.720 bits per heavy atom. The van der Waals surface area contributed by atoms with E-state index in [0.717, 1.165) is 62.3 Å². The van der Waals surface area contributed by atoms with E-state index in [2.05, 4.69) is 47.3 Å². The molecule has 0 heterocycles. The lowest BCUT2D eigenvalue weighted by molar-refractivity contribution is -0.763. The molecule has 8 fully saturated rings. The van der Waals surface area contributed by atoms with Crippen LogP contribution in [0.2, 0.25) is 0 Å². The van der Waals surface area contributed by atoms with Crippen LogP contribution in [0.5, 0.6) is 0 Å². The van der Waals surface area contributed by atoms with Gasteiger partial charge >= 0.3 is 0 Å². The zero-order valence-electron chi connectivity index (χ0n) is 29.3. The minimum atomic E-state index is -0.722. The van der Waals surface area contributed by atoms with E-state index in [-0.39, 0.29) is 24.0 Å². The summed E-state index contributed by atoms with van der Waals surface area (Å²) in [6, 6.07) is 16.1. The van der Waals surface area contributed by atoms with Crippen molar-refractivity contribution in [1.29, 1.82) is 0 Å². The smallest absolute Gasteiger partial charge is 0.294 e. The Labute approximate surface area is 295 Å². The Bertz CT molecular complexity index is 1540. The second-order valence-corrected chi connectivity index (χ2v) is 17.1. The fourth-order valence-corrected chi connectivity index (χ4v) is 13.8. The van der Waals surface area contributed by atoms with Gasteiger partial charge in [0.2, 0.25) is 0 Å². The lowest BCUT2D eigenvalue weighted by atomic mass is 9.40. The monoisotopic (exact) mass is 686 g/mol. The molecule has 0 aliphatic heterocycles. The van der Waals surface area contributed by atoms with Gasteiger partial charge < -0.3 is 21.1 Å². The first-order chi connectivity index (χ1) is 24.2. The van der Waals surface area contributed by atoms with Gasteiger partial charge in [0.15, 0.2) is 0 Å². The maximum absolute atomic E-state index is 11.6. The first-order valence-corrected chi connectivity index (χ1v) is 19.4. The predicted octanol–water partition coefficient (Wildman–Crippen LogP) is 7.01. The molecule has 4 N–H and O–H groups in total. The Morgan fingerprint density at radius 2 is 1.34 bits per heavy atom. The van der Waals surface area contributed by atoms with E-state index in [9.17, 15) is 20.2 Å². The summed E-state index contributed by atoms with van der Waals surface area (Å²) in [4.78, 5) is 31.7. The molecule has 0 atom stereocenters. The number of nitrogens with two attached hydrogens (primary N) is 2. The Morgan fingerprint density at radius 3 is 1.94 bits per heavy atom. The molecular weight excluding hydrogens is 632 g/mol. The molecule has 10 nitrogen and oxygen atoms in total. The summed E-state index contributed by atoms with van der Waals surface area (Å²) in [5, 5.41) is 20.7. The van der Waals surface area contributed by atoms with Gasteiger partial charge in [-0.1, -0.05) is 42.5 Å². The molecule has 10 rings (SSSR count). The number of hydrogen-bond donors (Lipinski definition) is 2. The largest absolute Gasteiger partial charge is 0.330 e. The third kappa shape index (κ3) is 5.60. The summed E-state index contributed by atoms with van der Waals surface area (Å²) in [6.07, 6.45) is 14.4. The first-order valence-electron chi connectivity index (χ1n) is 19.4. The van der Waals surface area contributed by atoms with Crippen molar-refractivity contribution >= 4 is 0 Å². The van der Waals surface area contributed by atoms with E-state index < -0.39 is 10.2 Å². The first kappa shape index (κ1) is 33.9. The van der Waals surface area contributed by atoms with Crippen molar-refractivity contribution in [3.63, 3.8) is 0 Å². The van der Waals surface area contributed by atoms with Gasteiger partial charge in [0.05, 0.1) is 6.61 Å². The molecular formula is C40H54N4O6. The van der Waals surface area contributed by atoms with Crippen LogP contribution < -0.4 is 11.5 Å². The molecule has 8 aliphatic carbocycles. The highest BCUT2D eigenvalue weighted by Crippen LogP contribution is 2.68. The van der Waals surface area contributed by atoms with Gasteiger partial charge in [0.1, 0.15) is 6.61 Å². The van der Waals surface area contributed by atoms with Gasteiger partial charge in [0.25, 0.3) is 10.2 Å². The van der Waals surface area contributed by atoms with Gasteiger partial charge in [-0.25, -0.2) is 0 Å². The van der Waals surface area contributed by atoms with E-state index in [1.807, 2.05) is 0 Å². The molecule has 8 saturated carbocycles. The maximum Gasteiger partial charge on any atom is 0.294 e. The molecule has 8 aliphatic rings. The van der Waals surface area contributed by atoms with Crippen LogP contribution in [0, 0.1) is 67.6 Å². The van der Waals surface area contributed by atoms with E-state index in [0.29, 0.717) is 60.9 Å². The lowest BCUT2D eigenvalue weighted by Crippen LogP contribution is -2.60. The predicted molar refractivity (Wildman–Crippen MR) is 189 cm³/mol. The van der Waals surface area contributed by atoms with Gasteiger partial charge in [0, 0.05) is 17.4 Å². The Hall–Kier alpha value is -3.24. The summed E-state index contributed by atoms with van der Waals surface area (Å²) in [6.45, 7) is 1.45. The highest BCUT2D eigenvalue weighted by atomic mass is 17.0. The molecule has 0 unspecified atom stereocenters. The molecule has 2 aromatic rings. The molecule has 0 amide bonds. The fourth-order valence-electron chi connectivity index (χ4n) is 13.8. The van der Waals surface area contributed by atoms with Crippen LogP contribution in [0.3, 0.4) is 0 Å². The topological polar surface area (TPSA) is 157 Å². The third-order valence-corrected chi connectivity index (χ3v) is 15.2. The van der Waals surface area contributed by atoms with Crippen LogP contribution in [0.1, 0.15) is 111 Å². The summed E-state index contributed by atoms with van der Waals surface area (Å²) < 4.78 is 0. The molecule has 10 heteroatoms. The van der Waals surface area contributed by atoms with Crippen LogP contribution in [0.15, 0.2) is 42.5 Å². The normalized spacial score (nSPS) is 37.6. The SMILES string of the molecule is NCCC1(c2ccc(C3C4CC5CC3CC(C4)C5(CN)c3cccc(CCCCO[N+](=O)[O-])c3)c(CO[N+](=O)[O-])c2)C2CC3CC(C2)CC1C3.